The Balaban J connectivity index is 2.04. The number of hydrogen-bond donors (Lipinski definition) is 3. The first-order valence-corrected chi connectivity index (χ1v) is 6.60. The van der Waals surface area contributed by atoms with Gasteiger partial charge in [-0.3, -0.25) is 4.90 Å². The van der Waals surface area contributed by atoms with Gasteiger partial charge >= 0.3 is 0 Å². The van der Waals surface area contributed by atoms with E-state index in [1.54, 1.807) is 6.20 Å². The Hall–Kier alpha value is -1.95. The highest BCUT2D eigenvalue weighted by Gasteiger charge is 2.07. The van der Waals surface area contributed by atoms with E-state index in [1.165, 1.54) is 5.56 Å². The average molecular weight is 272 g/mol. The quantitative estimate of drug-likeness (QED) is 0.524. The summed E-state index contributed by atoms with van der Waals surface area (Å²) in [5.74, 6) is 6.01. The molecule has 1 aromatic heterocycles. The number of pyridine rings is 1. The number of hydrazine groups is 1. The molecule has 0 saturated heterocycles. The third-order valence-electron chi connectivity index (χ3n) is 3.04. The zero-order chi connectivity index (χ0) is 14.2. The van der Waals surface area contributed by atoms with Gasteiger partial charge in [-0.05, 0) is 23.3 Å². The lowest BCUT2D eigenvalue weighted by Gasteiger charge is -2.21. The molecule has 0 aliphatic carbocycles. The Morgan fingerprint density at radius 2 is 1.85 bits per heavy atom. The van der Waals surface area contributed by atoms with E-state index in [-0.39, 0.29) is 6.61 Å². The number of nitrogen functional groups attached to an aromatic ring is 1. The molecule has 0 radical (unpaired) electrons. The van der Waals surface area contributed by atoms with Crippen LogP contribution in [0.2, 0.25) is 0 Å². The van der Waals surface area contributed by atoms with Gasteiger partial charge in [-0.1, -0.05) is 30.3 Å². The van der Waals surface area contributed by atoms with Gasteiger partial charge in [0, 0.05) is 25.8 Å². The van der Waals surface area contributed by atoms with Gasteiger partial charge in [0.1, 0.15) is 5.82 Å². The Morgan fingerprint density at radius 3 is 2.55 bits per heavy atom. The maximum atomic E-state index is 9.21. The number of benzene rings is 1. The number of rotatable bonds is 7. The minimum atomic E-state index is 0.139. The number of anilines is 1. The van der Waals surface area contributed by atoms with Crippen LogP contribution in [0.1, 0.15) is 11.1 Å². The lowest BCUT2D eigenvalue weighted by Crippen LogP contribution is -2.26. The van der Waals surface area contributed by atoms with Gasteiger partial charge in [-0.2, -0.15) is 0 Å². The van der Waals surface area contributed by atoms with Crippen LogP contribution in [0.25, 0.3) is 0 Å². The Morgan fingerprint density at radius 1 is 1.10 bits per heavy atom. The second-order valence-electron chi connectivity index (χ2n) is 4.61. The van der Waals surface area contributed by atoms with E-state index >= 15 is 0 Å². The van der Waals surface area contributed by atoms with Crippen LogP contribution in [0.3, 0.4) is 0 Å². The second kappa shape index (κ2) is 7.59. The van der Waals surface area contributed by atoms with Gasteiger partial charge in [-0.15, -0.1) is 0 Å². The molecule has 20 heavy (non-hydrogen) atoms. The topological polar surface area (TPSA) is 74.4 Å². The monoisotopic (exact) mass is 272 g/mol. The number of aliphatic hydroxyl groups excluding tert-OH is 1. The molecule has 2 rings (SSSR count). The highest BCUT2D eigenvalue weighted by Crippen LogP contribution is 2.11. The predicted octanol–water partition coefficient (Wildman–Crippen LogP) is 1.36. The van der Waals surface area contributed by atoms with Crippen molar-refractivity contribution in [2.24, 2.45) is 5.84 Å². The van der Waals surface area contributed by atoms with Crippen molar-refractivity contribution in [1.82, 2.24) is 9.88 Å². The number of nitrogens with zero attached hydrogens (tertiary/aromatic N) is 2. The third kappa shape index (κ3) is 4.31. The lowest BCUT2D eigenvalue weighted by atomic mass is 10.2. The second-order valence-corrected chi connectivity index (χ2v) is 4.61. The molecule has 106 valence electrons. The molecule has 1 aromatic carbocycles. The summed E-state index contributed by atoms with van der Waals surface area (Å²) in [5.41, 5.74) is 4.88. The first kappa shape index (κ1) is 14.5. The van der Waals surface area contributed by atoms with Gasteiger partial charge in [0.2, 0.25) is 0 Å². The van der Waals surface area contributed by atoms with Crippen LogP contribution in [0, 0.1) is 0 Å². The molecule has 5 heteroatoms. The predicted molar refractivity (Wildman–Crippen MR) is 79.7 cm³/mol. The van der Waals surface area contributed by atoms with Crippen molar-refractivity contribution >= 4 is 5.82 Å². The Bertz CT molecular complexity index is 518. The van der Waals surface area contributed by atoms with Crippen LogP contribution < -0.4 is 11.3 Å². The largest absolute Gasteiger partial charge is 0.395 e. The van der Waals surface area contributed by atoms with E-state index in [4.69, 9.17) is 5.84 Å². The van der Waals surface area contributed by atoms with Gasteiger partial charge in [0.25, 0.3) is 0 Å². The van der Waals surface area contributed by atoms with Crippen molar-refractivity contribution in [1.29, 1.82) is 0 Å². The number of hydrogen-bond acceptors (Lipinski definition) is 5. The fourth-order valence-electron chi connectivity index (χ4n) is 2.11. The highest BCUT2D eigenvalue weighted by molar-refractivity contribution is 5.35. The van der Waals surface area contributed by atoms with E-state index in [9.17, 15) is 5.11 Å². The summed E-state index contributed by atoms with van der Waals surface area (Å²) < 4.78 is 0. The summed E-state index contributed by atoms with van der Waals surface area (Å²) in [5, 5.41) is 9.21. The summed E-state index contributed by atoms with van der Waals surface area (Å²) in [6, 6.07) is 14.1. The third-order valence-corrected chi connectivity index (χ3v) is 3.04. The molecule has 0 aliphatic heterocycles. The Kier molecular flexibility index (Phi) is 5.49. The fourth-order valence-corrected chi connectivity index (χ4v) is 2.11. The number of nitrogens with one attached hydrogen (secondary N) is 1. The molecule has 1 heterocycles. The molecular weight excluding hydrogens is 252 g/mol. The van der Waals surface area contributed by atoms with E-state index < -0.39 is 0 Å². The molecule has 0 spiro atoms. The maximum absolute atomic E-state index is 9.21. The van der Waals surface area contributed by atoms with Crippen molar-refractivity contribution in [3.8, 4) is 0 Å². The number of nitrogens with two attached hydrogens (primary N) is 1. The van der Waals surface area contributed by atoms with Gasteiger partial charge in [-0.25, -0.2) is 10.8 Å². The molecule has 4 N–H and O–H groups in total. The molecule has 0 fully saturated rings. The Labute approximate surface area is 119 Å². The number of aromatic nitrogens is 1. The van der Waals surface area contributed by atoms with Crippen LogP contribution in [-0.2, 0) is 13.1 Å². The molecule has 0 atom stereocenters. The van der Waals surface area contributed by atoms with E-state index in [1.807, 2.05) is 30.3 Å². The maximum Gasteiger partial charge on any atom is 0.140 e. The van der Waals surface area contributed by atoms with Crippen LogP contribution in [0.5, 0.6) is 0 Å². The van der Waals surface area contributed by atoms with E-state index in [0.29, 0.717) is 12.4 Å². The summed E-state index contributed by atoms with van der Waals surface area (Å²) in [6.07, 6.45) is 1.73. The SMILES string of the molecule is NNc1cc(CN(CCO)Cc2ccccc2)ccn1. The summed E-state index contributed by atoms with van der Waals surface area (Å²) in [4.78, 5) is 6.28. The molecule has 0 aliphatic rings. The zero-order valence-corrected chi connectivity index (χ0v) is 11.4. The first-order chi connectivity index (χ1) is 9.81. The average Bonchev–Trinajstić information content (AvgIpc) is 2.49. The van der Waals surface area contributed by atoms with E-state index in [0.717, 1.165) is 18.7 Å². The minimum Gasteiger partial charge on any atom is -0.395 e. The van der Waals surface area contributed by atoms with E-state index in [2.05, 4.69) is 27.4 Å². The molecule has 0 unspecified atom stereocenters. The number of aliphatic hydroxyl groups is 1. The van der Waals surface area contributed by atoms with Crippen LogP contribution in [0.4, 0.5) is 5.82 Å². The van der Waals surface area contributed by atoms with Gasteiger partial charge in [0.15, 0.2) is 0 Å². The summed E-state index contributed by atoms with van der Waals surface area (Å²) >= 11 is 0. The molecule has 0 bridgehead atoms. The smallest absolute Gasteiger partial charge is 0.140 e. The van der Waals surface area contributed by atoms with Crippen molar-refractivity contribution in [3.05, 3.63) is 59.8 Å². The lowest BCUT2D eigenvalue weighted by molar-refractivity contribution is 0.184. The molecular formula is C15H20N4O. The van der Waals surface area contributed by atoms with Crippen molar-refractivity contribution in [2.75, 3.05) is 18.6 Å². The summed E-state index contributed by atoms with van der Waals surface area (Å²) in [7, 11) is 0. The molecule has 2 aromatic rings. The van der Waals surface area contributed by atoms with Crippen LogP contribution >= 0.6 is 0 Å². The van der Waals surface area contributed by atoms with Crippen molar-refractivity contribution < 1.29 is 5.11 Å². The van der Waals surface area contributed by atoms with Crippen LogP contribution in [0.15, 0.2) is 48.7 Å². The van der Waals surface area contributed by atoms with Gasteiger partial charge < -0.3 is 10.5 Å². The summed E-state index contributed by atoms with van der Waals surface area (Å²) in [6.45, 7) is 2.31. The molecule has 0 amide bonds. The molecule has 0 saturated carbocycles. The zero-order valence-electron chi connectivity index (χ0n) is 11.4. The van der Waals surface area contributed by atoms with Crippen molar-refractivity contribution in [2.45, 2.75) is 13.1 Å². The fraction of sp³-hybridized carbons (Fsp3) is 0.267. The first-order valence-electron chi connectivity index (χ1n) is 6.60. The highest BCUT2D eigenvalue weighted by atomic mass is 16.3. The van der Waals surface area contributed by atoms with Crippen molar-refractivity contribution in [3.63, 3.8) is 0 Å². The molecule has 5 nitrogen and oxygen atoms in total. The standard InChI is InChI=1S/C15H20N4O/c16-18-15-10-14(6-7-17-15)12-19(8-9-20)11-13-4-2-1-3-5-13/h1-7,10,20H,8-9,11-12,16H2,(H,17,18). The minimum absolute atomic E-state index is 0.139. The normalized spacial score (nSPS) is 10.8. The van der Waals surface area contributed by atoms with Crippen LogP contribution in [-0.4, -0.2) is 28.1 Å². The van der Waals surface area contributed by atoms with Gasteiger partial charge in [0.05, 0.1) is 6.61 Å².